The van der Waals surface area contributed by atoms with Gasteiger partial charge < -0.3 is 10.2 Å². The number of hydrogen-bond acceptors (Lipinski definition) is 4. The Kier molecular flexibility index (Phi) is 7.58. The van der Waals surface area contributed by atoms with Crippen LogP contribution in [0, 0.1) is 0 Å². The number of rotatable bonds is 6. The van der Waals surface area contributed by atoms with Gasteiger partial charge in [0.1, 0.15) is 5.82 Å². The van der Waals surface area contributed by atoms with Crippen LogP contribution in [0.15, 0.2) is 36.7 Å². The van der Waals surface area contributed by atoms with Gasteiger partial charge in [-0.3, -0.25) is 9.78 Å². The molecule has 3 amide bonds. The second-order valence-electron chi connectivity index (χ2n) is 7.66. The molecule has 0 aliphatic carbocycles. The number of carbonyl (C=O) groups excluding carboxylic acids is 2. The zero-order valence-corrected chi connectivity index (χ0v) is 20.5. The smallest absolute Gasteiger partial charge is 0.333 e. The summed E-state index contributed by atoms with van der Waals surface area (Å²) in [5.74, 6) is 0.559. The van der Waals surface area contributed by atoms with E-state index in [0.717, 1.165) is 24.1 Å². The van der Waals surface area contributed by atoms with Gasteiger partial charge in [-0.05, 0) is 42.7 Å². The molecule has 0 bridgehead atoms. The number of imidazole rings is 1. The molecule has 3 aromatic rings. The number of anilines is 1. The Bertz CT molecular complexity index is 1160. The van der Waals surface area contributed by atoms with Crippen LogP contribution in [0.25, 0.3) is 11.0 Å². The molecule has 0 spiro atoms. The van der Waals surface area contributed by atoms with Gasteiger partial charge in [0.15, 0.2) is 0 Å². The number of benzene rings is 1. The first-order chi connectivity index (χ1) is 15.9. The van der Waals surface area contributed by atoms with Crippen LogP contribution in [0.1, 0.15) is 58.3 Å². The summed E-state index contributed by atoms with van der Waals surface area (Å²) in [6.45, 7) is 8.33. The van der Waals surface area contributed by atoms with Gasteiger partial charge >= 0.3 is 6.03 Å². The van der Waals surface area contributed by atoms with E-state index in [-0.39, 0.29) is 12.5 Å². The first kappa shape index (κ1) is 24.5. The molecule has 176 valence electrons. The molecule has 2 aromatic heterocycles. The number of nitrogens with zero attached hydrogens (tertiary/aromatic N) is 4. The van der Waals surface area contributed by atoms with Crippen molar-refractivity contribution in [1.82, 2.24) is 20.0 Å². The van der Waals surface area contributed by atoms with E-state index < -0.39 is 11.4 Å². The third kappa shape index (κ3) is 4.27. The summed E-state index contributed by atoms with van der Waals surface area (Å²) in [4.78, 5) is 36.5. The predicted molar refractivity (Wildman–Crippen MR) is 132 cm³/mol. The van der Waals surface area contributed by atoms with Crippen LogP contribution in [0.3, 0.4) is 0 Å². The van der Waals surface area contributed by atoms with Gasteiger partial charge in [-0.15, -0.1) is 0 Å². The Balaban J connectivity index is 0.00000149. The van der Waals surface area contributed by atoms with Gasteiger partial charge in [-0.1, -0.05) is 45.7 Å². The number of urea groups is 1. The van der Waals surface area contributed by atoms with Crippen LogP contribution < -0.4 is 15.6 Å². The third-order valence-electron chi connectivity index (χ3n) is 5.97. The van der Waals surface area contributed by atoms with E-state index in [2.05, 4.69) is 27.6 Å². The average molecular weight is 471 g/mol. The molecule has 1 aromatic carbocycles. The summed E-state index contributed by atoms with van der Waals surface area (Å²) >= 11 is 6.18. The van der Waals surface area contributed by atoms with E-state index in [4.69, 9.17) is 11.6 Å². The van der Waals surface area contributed by atoms with Crippen molar-refractivity contribution in [3.05, 3.63) is 53.1 Å². The van der Waals surface area contributed by atoms with Gasteiger partial charge in [0.25, 0.3) is 0 Å². The maximum atomic E-state index is 13.7. The second-order valence-corrected chi connectivity index (χ2v) is 8.09. The topological polar surface area (TPSA) is 92.2 Å². The molecule has 0 fully saturated rings. The Morgan fingerprint density at radius 2 is 1.97 bits per heavy atom. The first-order valence-corrected chi connectivity index (χ1v) is 11.7. The molecule has 8 nitrogen and oxygen atoms in total. The van der Waals surface area contributed by atoms with Gasteiger partial charge in [-0.25, -0.2) is 19.9 Å². The molecule has 0 saturated heterocycles. The first-order valence-electron chi connectivity index (χ1n) is 11.4. The molecule has 1 unspecified atom stereocenters. The fourth-order valence-electron chi connectivity index (χ4n) is 4.46. The lowest BCUT2D eigenvalue weighted by Crippen LogP contribution is -2.41. The summed E-state index contributed by atoms with van der Waals surface area (Å²) in [7, 11) is 1.54. The predicted octanol–water partition coefficient (Wildman–Crippen LogP) is 4.99. The Morgan fingerprint density at radius 1 is 1.21 bits per heavy atom. The SMILES string of the molecule is CC.CCCC1(CC)C(=O)N(Cc2nc3ccc(Cl)cc3n2NC(=O)NC)c2cnccc21. The van der Waals surface area contributed by atoms with Crippen LogP contribution in [-0.4, -0.2) is 33.6 Å². The summed E-state index contributed by atoms with van der Waals surface area (Å²) in [6, 6.07) is 6.81. The van der Waals surface area contributed by atoms with E-state index in [9.17, 15) is 9.59 Å². The number of halogens is 1. The normalized spacial score (nSPS) is 16.9. The lowest BCUT2D eigenvalue weighted by molar-refractivity contribution is -0.123. The van der Waals surface area contributed by atoms with Crippen LogP contribution in [0.5, 0.6) is 0 Å². The molecular weight excluding hydrogens is 440 g/mol. The third-order valence-corrected chi connectivity index (χ3v) is 6.20. The van der Waals surface area contributed by atoms with Gasteiger partial charge in [0, 0.05) is 18.3 Å². The van der Waals surface area contributed by atoms with Gasteiger partial charge in [0.2, 0.25) is 5.91 Å². The lowest BCUT2D eigenvalue weighted by Gasteiger charge is -2.27. The number of aromatic nitrogens is 3. The van der Waals surface area contributed by atoms with Crippen LogP contribution in [-0.2, 0) is 16.8 Å². The standard InChI is InChI=1S/C22H25ClN6O2.C2H6/c1-4-9-22(5-2)15-8-10-25-12-18(15)28(20(22)30)13-19-26-16-7-6-14(23)11-17(16)29(19)27-21(31)24-3;1-2/h6-8,10-12H,4-5,9,13H2,1-3H3,(H2,24,27,31);1-2H3. The van der Waals surface area contributed by atoms with E-state index in [0.29, 0.717) is 28.3 Å². The fraction of sp³-hybridized carbons (Fsp3) is 0.417. The van der Waals surface area contributed by atoms with Crippen molar-refractivity contribution in [2.75, 3.05) is 17.4 Å². The van der Waals surface area contributed by atoms with Crippen molar-refractivity contribution in [2.45, 2.75) is 58.9 Å². The Morgan fingerprint density at radius 3 is 2.64 bits per heavy atom. The summed E-state index contributed by atoms with van der Waals surface area (Å²) < 4.78 is 1.58. The van der Waals surface area contributed by atoms with E-state index in [1.165, 1.54) is 7.05 Å². The Hall–Kier alpha value is -3.13. The molecule has 4 rings (SSSR count). The van der Waals surface area contributed by atoms with Crippen molar-refractivity contribution < 1.29 is 9.59 Å². The number of carbonyl (C=O) groups is 2. The van der Waals surface area contributed by atoms with Crippen LogP contribution >= 0.6 is 11.6 Å². The number of fused-ring (bicyclic) bond motifs is 2. The molecule has 1 aliphatic rings. The summed E-state index contributed by atoms with van der Waals surface area (Å²) in [5.41, 5.74) is 5.32. The number of hydrogen-bond donors (Lipinski definition) is 2. The molecule has 0 saturated carbocycles. The molecule has 1 aliphatic heterocycles. The molecule has 3 heterocycles. The largest absolute Gasteiger partial charge is 0.340 e. The van der Waals surface area contributed by atoms with Crippen molar-refractivity contribution in [3.8, 4) is 0 Å². The van der Waals surface area contributed by atoms with Crippen LogP contribution in [0.4, 0.5) is 10.5 Å². The molecule has 0 radical (unpaired) electrons. The Labute approximate surface area is 199 Å². The number of amides is 3. The second kappa shape index (κ2) is 10.2. The highest BCUT2D eigenvalue weighted by Crippen LogP contribution is 2.47. The zero-order chi connectivity index (χ0) is 24.2. The van der Waals surface area contributed by atoms with Crippen molar-refractivity contribution >= 4 is 40.3 Å². The minimum atomic E-state index is -0.568. The summed E-state index contributed by atoms with van der Waals surface area (Å²) in [5, 5.41) is 3.07. The average Bonchev–Trinajstić information content (AvgIpc) is 3.28. The van der Waals surface area contributed by atoms with E-state index in [1.807, 2.05) is 26.8 Å². The number of pyridine rings is 1. The van der Waals surface area contributed by atoms with Gasteiger partial charge in [0.05, 0.1) is 34.9 Å². The monoisotopic (exact) mass is 470 g/mol. The number of nitrogens with one attached hydrogen (secondary N) is 2. The molecule has 1 atom stereocenters. The van der Waals surface area contributed by atoms with Crippen molar-refractivity contribution in [1.29, 1.82) is 0 Å². The maximum absolute atomic E-state index is 13.7. The van der Waals surface area contributed by atoms with E-state index >= 15 is 0 Å². The minimum Gasteiger partial charge on any atom is -0.340 e. The zero-order valence-electron chi connectivity index (χ0n) is 19.8. The molecular formula is C24H31ClN6O2. The molecule has 9 heteroatoms. The van der Waals surface area contributed by atoms with Crippen LogP contribution in [0.2, 0.25) is 5.02 Å². The highest BCUT2D eigenvalue weighted by atomic mass is 35.5. The highest BCUT2D eigenvalue weighted by Gasteiger charge is 2.49. The quantitative estimate of drug-likeness (QED) is 0.530. The highest BCUT2D eigenvalue weighted by molar-refractivity contribution is 6.31. The fourth-order valence-corrected chi connectivity index (χ4v) is 4.63. The lowest BCUT2D eigenvalue weighted by atomic mass is 9.76. The van der Waals surface area contributed by atoms with Crippen molar-refractivity contribution in [2.24, 2.45) is 0 Å². The van der Waals surface area contributed by atoms with E-state index in [1.54, 1.807) is 40.2 Å². The minimum absolute atomic E-state index is 0.0384. The van der Waals surface area contributed by atoms with Gasteiger partial charge in [-0.2, -0.15) is 0 Å². The molecule has 2 N–H and O–H groups in total. The van der Waals surface area contributed by atoms with Crippen molar-refractivity contribution in [3.63, 3.8) is 0 Å². The summed E-state index contributed by atoms with van der Waals surface area (Å²) in [6.07, 6.45) is 5.83. The molecule has 33 heavy (non-hydrogen) atoms. The maximum Gasteiger partial charge on any atom is 0.333 e.